The summed E-state index contributed by atoms with van der Waals surface area (Å²) in [5.41, 5.74) is 12.6. The second kappa shape index (κ2) is 4.80. The molecule has 0 amide bonds. The van der Waals surface area contributed by atoms with Crippen molar-refractivity contribution in [3.05, 3.63) is 29.6 Å². The van der Waals surface area contributed by atoms with E-state index in [0.717, 1.165) is 18.8 Å². The van der Waals surface area contributed by atoms with Gasteiger partial charge in [-0.1, -0.05) is 6.07 Å². The number of nitrogens with zero attached hydrogens (tertiary/aromatic N) is 1. The quantitative estimate of drug-likeness (QED) is 0.814. The highest BCUT2D eigenvalue weighted by atomic mass is 19.1. The molecule has 0 spiro atoms. The average Bonchev–Trinajstić information content (AvgIpc) is 2.81. The van der Waals surface area contributed by atoms with Gasteiger partial charge in [-0.05, 0) is 25.0 Å². The molecular formula is C12H18FN3. The summed E-state index contributed by atoms with van der Waals surface area (Å²) in [6, 6.07) is 4.84. The fraction of sp³-hybridized carbons (Fsp3) is 0.500. The lowest BCUT2D eigenvalue weighted by molar-refractivity contribution is 0.584. The first-order valence-corrected chi connectivity index (χ1v) is 5.72. The van der Waals surface area contributed by atoms with Gasteiger partial charge in [0.15, 0.2) is 0 Å². The Morgan fingerprint density at radius 2 is 2.00 bits per heavy atom. The predicted octanol–water partition coefficient (Wildman–Crippen LogP) is 1.38. The monoisotopic (exact) mass is 223 g/mol. The molecule has 0 saturated carbocycles. The molecule has 0 aliphatic carbocycles. The Labute approximate surface area is 95.2 Å². The molecule has 0 aromatic heterocycles. The summed E-state index contributed by atoms with van der Waals surface area (Å²) < 4.78 is 13.8. The van der Waals surface area contributed by atoms with Gasteiger partial charge in [-0.15, -0.1) is 0 Å². The number of nitrogens with two attached hydrogens (primary N) is 2. The van der Waals surface area contributed by atoms with Crippen molar-refractivity contribution < 1.29 is 4.39 Å². The molecule has 88 valence electrons. The second-order valence-corrected chi connectivity index (χ2v) is 4.24. The van der Waals surface area contributed by atoms with Crippen LogP contribution in [-0.4, -0.2) is 19.6 Å². The molecule has 3 nitrogen and oxygen atoms in total. The van der Waals surface area contributed by atoms with Crippen LogP contribution in [0.15, 0.2) is 18.2 Å². The van der Waals surface area contributed by atoms with Crippen molar-refractivity contribution in [3.63, 3.8) is 0 Å². The van der Waals surface area contributed by atoms with Crippen LogP contribution >= 0.6 is 0 Å². The smallest absolute Gasteiger partial charge is 0.130 e. The number of benzene rings is 1. The summed E-state index contributed by atoms with van der Waals surface area (Å²) in [4.78, 5) is 2.20. The van der Waals surface area contributed by atoms with Crippen LogP contribution in [0.4, 0.5) is 10.1 Å². The highest BCUT2D eigenvalue weighted by Crippen LogP contribution is 2.24. The van der Waals surface area contributed by atoms with Crippen LogP contribution in [0, 0.1) is 5.82 Å². The molecular weight excluding hydrogens is 205 g/mol. The van der Waals surface area contributed by atoms with Gasteiger partial charge in [0.05, 0.1) is 0 Å². The minimum Gasteiger partial charge on any atom is -0.371 e. The number of hydrogen-bond acceptors (Lipinski definition) is 3. The molecule has 1 saturated heterocycles. The van der Waals surface area contributed by atoms with E-state index in [0.29, 0.717) is 5.56 Å². The summed E-state index contributed by atoms with van der Waals surface area (Å²) in [5.74, 6) is -0.248. The molecule has 1 fully saturated rings. The Balaban J connectivity index is 2.21. The maximum Gasteiger partial charge on any atom is 0.130 e. The van der Waals surface area contributed by atoms with E-state index in [1.807, 2.05) is 6.07 Å². The Morgan fingerprint density at radius 3 is 2.56 bits per heavy atom. The van der Waals surface area contributed by atoms with Gasteiger partial charge in [0.25, 0.3) is 0 Å². The van der Waals surface area contributed by atoms with Crippen molar-refractivity contribution in [2.24, 2.45) is 11.5 Å². The summed E-state index contributed by atoms with van der Waals surface area (Å²) in [5, 5.41) is 0. The largest absolute Gasteiger partial charge is 0.371 e. The van der Waals surface area contributed by atoms with Crippen molar-refractivity contribution in [2.75, 3.05) is 24.5 Å². The maximum atomic E-state index is 13.8. The molecule has 1 aromatic rings. The van der Waals surface area contributed by atoms with Gasteiger partial charge in [0.2, 0.25) is 0 Å². The topological polar surface area (TPSA) is 55.3 Å². The number of anilines is 1. The summed E-state index contributed by atoms with van der Waals surface area (Å²) in [6.45, 7) is 2.30. The summed E-state index contributed by atoms with van der Waals surface area (Å²) in [7, 11) is 0. The van der Waals surface area contributed by atoms with Crippen molar-refractivity contribution in [1.29, 1.82) is 0 Å². The van der Waals surface area contributed by atoms with Crippen molar-refractivity contribution in [1.82, 2.24) is 0 Å². The van der Waals surface area contributed by atoms with E-state index in [-0.39, 0.29) is 12.4 Å². The van der Waals surface area contributed by atoms with Crippen LogP contribution in [0.3, 0.4) is 0 Å². The standard InChI is InChI=1S/C12H18FN3/c13-11-7-9(16-5-1-2-6-16)3-4-10(11)12(15)8-14/h3-4,7,12H,1-2,5-6,8,14-15H2/t12-/m1/s1. The molecule has 0 bridgehead atoms. The van der Waals surface area contributed by atoms with Gasteiger partial charge in [0.1, 0.15) is 5.82 Å². The molecule has 0 unspecified atom stereocenters. The first-order valence-electron chi connectivity index (χ1n) is 5.72. The van der Waals surface area contributed by atoms with E-state index in [9.17, 15) is 4.39 Å². The SMILES string of the molecule is NC[C@@H](N)c1ccc(N2CCCC2)cc1F. The molecule has 2 rings (SSSR count). The van der Waals surface area contributed by atoms with Crippen LogP contribution in [0.5, 0.6) is 0 Å². The second-order valence-electron chi connectivity index (χ2n) is 4.24. The fourth-order valence-corrected chi connectivity index (χ4v) is 2.12. The van der Waals surface area contributed by atoms with E-state index in [1.165, 1.54) is 12.8 Å². The van der Waals surface area contributed by atoms with Gasteiger partial charge in [0, 0.05) is 36.9 Å². The highest BCUT2D eigenvalue weighted by molar-refractivity contribution is 5.49. The van der Waals surface area contributed by atoms with E-state index >= 15 is 0 Å². The van der Waals surface area contributed by atoms with E-state index in [1.54, 1.807) is 12.1 Å². The van der Waals surface area contributed by atoms with E-state index in [2.05, 4.69) is 4.90 Å². The van der Waals surface area contributed by atoms with Gasteiger partial charge in [-0.2, -0.15) is 0 Å². The van der Waals surface area contributed by atoms with Gasteiger partial charge < -0.3 is 16.4 Å². The highest BCUT2D eigenvalue weighted by Gasteiger charge is 2.15. The number of halogens is 1. The fourth-order valence-electron chi connectivity index (χ4n) is 2.12. The molecule has 1 aliphatic heterocycles. The van der Waals surface area contributed by atoms with Crippen LogP contribution in [0.1, 0.15) is 24.4 Å². The van der Waals surface area contributed by atoms with Gasteiger partial charge in [-0.3, -0.25) is 0 Å². The third-order valence-corrected chi connectivity index (χ3v) is 3.11. The van der Waals surface area contributed by atoms with Gasteiger partial charge in [-0.25, -0.2) is 4.39 Å². The van der Waals surface area contributed by atoms with Crippen LogP contribution in [-0.2, 0) is 0 Å². The first kappa shape index (κ1) is 11.4. The van der Waals surface area contributed by atoms with Crippen molar-refractivity contribution in [2.45, 2.75) is 18.9 Å². The zero-order valence-electron chi connectivity index (χ0n) is 9.32. The van der Waals surface area contributed by atoms with Crippen LogP contribution in [0.2, 0.25) is 0 Å². The zero-order valence-corrected chi connectivity index (χ0v) is 9.32. The average molecular weight is 223 g/mol. The third kappa shape index (κ3) is 2.18. The molecule has 4 N–H and O–H groups in total. The molecule has 0 radical (unpaired) electrons. The van der Waals surface area contributed by atoms with Crippen molar-refractivity contribution in [3.8, 4) is 0 Å². The normalized spacial score (nSPS) is 17.8. The van der Waals surface area contributed by atoms with E-state index in [4.69, 9.17) is 11.5 Å². The minimum absolute atomic E-state index is 0.248. The lowest BCUT2D eigenvalue weighted by atomic mass is 10.1. The molecule has 1 aromatic carbocycles. The first-order chi connectivity index (χ1) is 7.72. The van der Waals surface area contributed by atoms with Gasteiger partial charge >= 0.3 is 0 Å². The molecule has 1 aliphatic rings. The summed E-state index contributed by atoms with van der Waals surface area (Å²) in [6.07, 6.45) is 2.37. The Kier molecular flexibility index (Phi) is 3.41. The molecule has 1 atom stereocenters. The lowest BCUT2D eigenvalue weighted by Crippen LogP contribution is -2.23. The van der Waals surface area contributed by atoms with E-state index < -0.39 is 6.04 Å². The molecule has 16 heavy (non-hydrogen) atoms. The van der Waals surface area contributed by atoms with Crippen LogP contribution in [0.25, 0.3) is 0 Å². The molecule has 4 heteroatoms. The number of rotatable bonds is 3. The maximum absolute atomic E-state index is 13.8. The Morgan fingerprint density at radius 1 is 1.31 bits per heavy atom. The summed E-state index contributed by atoms with van der Waals surface area (Å²) >= 11 is 0. The zero-order chi connectivity index (χ0) is 11.5. The predicted molar refractivity (Wildman–Crippen MR) is 63.8 cm³/mol. The Hall–Kier alpha value is -1.13. The third-order valence-electron chi connectivity index (χ3n) is 3.11. The lowest BCUT2D eigenvalue weighted by Gasteiger charge is -2.19. The minimum atomic E-state index is -0.410. The van der Waals surface area contributed by atoms with Crippen molar-refractivity contribution >= 4 is 5.69 Å². The molecule has 1 heterocycles. The number of hydrogen-bond donors (Lipinski definition) is 2. The Bertz CT molecular complexity index is 361. The van der Waals surface area contributed by atoms with Crippen LogP contribution < -0.4 is 16.4 Å².